The van der Waals surface area contributed by atoms with Crippen LogP contribution in [0.5, 0.6) is 5.75 Å². The number of aromatic amines is 2. The Balaban J connectivity index is 1.19. The normalized spacial score (nSPS) is 24.0. The number of phenols is 1. The smallest absolute Gasteiger partial charge is 0.294 e. The molecule has 1 aliphatic heterocycles. The molecule has 2 saturated carbocycles. The monoisotopic (exact) mass is 491 g/mol. The van der Waals surface area contributed by atoms with Gasteiger partial charge in [0.2, 0.25) is 0 Å². The first-order valence-corrected chi connectivity index (χ1v) is 13.1. The molecule has 0 radical (unpaired) electrons. The standard InChI is InChI=1S/C25H33N9O2/c1-15-22(25(36)34(30-15)19-10-12-33(13-11-19)18-8-9-18)27-26-21-7-3-6-20(23(21)35)16-4-2-5-17(14-16)24-28-31-32-29-24/h3,6-7,16-19,30,35H,2,4-5,8-14H2,1H3,(H,28,29,31,32). The number of likely N-dealkylation sites (tertiary alicyclic amines) is 1. The maximum absolute atomic E-state index is 13.2. The molecule has 1 aromatic carbocycles. The van der Waals surface area contributed by atoms with Gasteiger partial charge >= 0.3 is 0 Å². The third kappa shape index (κ3) is 4.47. The van der Waals surface area contributed by atoms with Crippen LogP contribution >= 0.6 is 0 Å². The highest BCUT2D eigenvalue weighted by molar-refractivity contribution is 5.56. The molecule has 2 aliphatic carbocycles. The van der Waals surface area contributed by atoms with Crippen molar-refractivity contribution in [2.24, 2.45) is 10.2 Å². The highest BCUT2D eigenvalue weighted by Crippen LogP contribution is 2.45. The number of phenolic OH excluding ortho intramolecular Hbond substituents is 1. The lowest BCUT2D eigenvalue weighted by atomic mass is 9.77. The molecule has 0 spiro atoms. The summed E-state index contributed by atoms with van der Waals surface area (Å²) in [6.45, 7) is 3.92. The zero-order valence-electron chi connectivity index (χ0n) is 20.6. The van der Waals surface area contributed by atoms with Crippen molar-refractivity contribution in [3.8, 4) is 5.75 Å². The van der Waals surface area contributed by atoms with Crippen molar-refractivity contribution in [2.75, 3.05) is 13.1 Å². The molecule has 6 rings (SSSR count). The van der Waals surface area contributed by atoms with Gasteiger partial charge in [0.05, 0.1) is 11.7 Å². The van der Waals surface area contributed by atoms with E-state index in [4.69, 9.17) is 0 Å². The van der Waals surface area contributed by atoms with Gasteiger partial charge < -0.3 is 10.0 Å². The van der Waals surface area contributed by atoms with Crippen LogP contribution in [0.1, 0.15) is 86.3 Å². The Hall–Kier alpha value is -3.34. The van der Waals surface area contributed by atoms with Crippen LogP contribution < -0.4 is 5.56 Å². The second-order valence-electron chi connectivity index (χ2n) is 10.5. The lowest BCUT2D eigenvalue weighted by Gasteiger charge is -2.32. The molecule has 2 aromatic heterocycles. The lowest BCUT2D eigenvalue weighted by molar-refractivity contribution is 0.170. The maximum atomic E-state index is 13.2. The number of azo groups is 1. The maximum Gasteiger partial charge on any atom is 0.294 e. The molecule has 2 unspecified atom stereocenters. The second-order valence-corrected chi connectivity index (χ2v) is 10.5. The predicted molar refractivity (Wildman–Crippen MR) is 133 cm³/mol. The molecule has 3 fully saturated rings. The fourth-order valence-electron chi connectivity index (χ4n) is 5.99. The minimum Gasteiger partial charge on any atom is -0.505 e. The molecular weight excluding hydrogens is 458 g/mol. The Bertz CT molecular complexity index is 1280. The highest BCUT2D eigenvalue weighted by atomic mass is 16.3. The summed E-state index contributed by atoms with van der Waals surface area (Å²) in [7, 11) is 0. The van der Waals surface area contributed by atoms with Gasteiger partial charge in [-0.3, -0.25) is 9.89 Å². The number of para-hydroxylation sites is 1. The number of aromatic hydroxyl groups is 1. The van der Waals surface area contributed by atoms with Crippen molar-refractivity contribution in [2.45, 2.75) is 82.2 Å². The van der Waals surface area contributed by atoms with Crippen molar-refractivity contribution in [3.05, 3.63) is 45.6 Å². The van der Waals surface area contributed by atoms with Gasteiger partial charge in [0.1, 0.15) is 11.4 Å². The highest BCUT2D eigenvalue weighted by Gasteiger charge is 2.33. The van der Waals surface area contributed by atoms with Crippen LogP contribution in [-0.2, 0) is 0 Å². The number of tetrazole rings is 1. The van der Waals surface area contributed by atoms with Gasteiger partial charge in [0.25, 0.3) is 5.56 Å². The summed E-state index contributed by atoms with van der Waals surface area (Å²) in [5.74, 6) is 1.24. The SMILES string of the molecule is Cc1[nH]n(C2CCN(C3CC3)CC2)c(=O)c1N=Nc1cccc(C2CCCC(c3nn[nH]n3)C2)c1O. The summed E-state index contributed by atoms with van der Waals surface area (Å²) in [6.07, 6.45) is 8.39. The molecule has 0 bridgehead atoms. The molecule has 3 aromatic rings. The summed E-state index contributed by atoms with van der Waals surface area (Å²) in [4.78, 5) is 15.7. The molecule has 0 amide bonds. The van der Waals surface area contributed by atoms with Crippen molar-refractivity contribution >= 4 is 11.4 Å². The van der Waals surface area contributed by atoms with Crippen molar-refractivity contribution in [1.82, 2.24) is 35.3 Å². The van der Waals surface area contributed by atoms with Crippen molar-refractivity contribution in [3.63, 3.8) is 0 Å². The first kappa shape index (κ1) is 23.1. The lowest BCUT2D eigenvalue weighted by Crippen LogP contribution is -2.38. The van der Waals surface area contributed by atoms with Crippen molar-refractivity contribution in [1.29, 1.82) is 0 Å². The summed E-state index contributed by atoms with van der Waals surface area (Å²) in [6, 6.07) is 6.48. The zero-order valence-corrected chi connectivity index (χ0v) is 20.6. The Labute approximate surface area is 209 Å². The van der Waals surface area contributed by atoms with Gasteiger partial charge in [-0.15, -0.1) is 20.4 Å². The topological polar surface area (TPSA) is 140 Å². The molecule has 11 heteroatoms. The van der Waals surface area contributed by atoms with E-state index >= 15 is 0 Å². The zero-order chi connectivity index (χ0) is 24.6. The molecule has 190 valence electrons. The van der Waals surface area contributed by atoms with Gasteiger partial charge in [-0.1, -0.05) is 23.8 Å². The number of hydrogen-bond donors (Lipinski definition) is 3. The molecular formula is C25H33N9O2. The fraction of sp³-hybridized carbons (Fsp3) is 0.600. The van der Waals surface area contributed by atoms with E-state index in [0.717, 1.165) is 69.0 Å². The molecule has 1 saturated heterocycles. The van der Waals surface area contributed by atoms with Crippen LogP contribution in [0.3, 0.4) is 0 Å². The van der Waals surface area contributed by atoms with E-state index < -0.39 is 0 Å². The average Bonchev–Trinajstić information content (AvgIpc) is 3.53. The molecule has 3 N–H and O–H groups in total. The van der Waals surface area contributed by atoms with Crippen LogP contribution in [0, 0.1) is 6.92 Å². The third-order valence-corrected chi connectivity index (χ3v) is 8.14. The van der Waals surface area contributed by atoms with Gasteiger partial charge in [0.15, 0.2) is 11.5 Å². The minimum absolute atomic E-state index is 0.126. The first-order valence-electron chi connectivity index (χ1n) is 13.1. The molecule has 3 heterocycles. The quantitative estimate of drug-likeness (QED) is 0.438. The second kappa shape index (κ2) is 9.61. The van der Waals surface area contributed by atoms with Crippen LogP contribution in [0.2, 0.25) is 0 Å². The molecule has 36 heavy (non-hydrogen) atoms. The van der Waals surface area contributed by atoms with Gasteiger partial charge in [-0.05, 0) is 69.4 Å². The minimum atomic E-state index is -0.146. The van der Waals surface area contributed by atoms with Gasteiger partial charge in [-0.25, -0.2) is 4.68 Å². The largest absolute Gasteiger partial charge is 0.505 e. The summed E-state index contributed by atoms with van der Waals surface area (Å²) in [5, 5.41) is 37.4. The molecule has 2 atom stereocenters. The molecule has 11 nitrogen and oxygen atoms in total. The van der Waals surface area contributed by atoms with E-state index in [9.17, 15) is 9.90 Å². The van der Waals surface area contributed by atoms with E-state index in [1.165, 1.54) is 12.8 Å². The van der Waals surface area contributed by atoms with E-state index in [0.29, 0.717) is 17.1 Å². The van der Waals surface area contributed by atoms with Crippen molar-refractivity contribution < 1.29 is 5.11 Å². The number of benzene rings is 1. The first-order chi connectivity index (χ1) is 17.6. The number of aromatic nitrogens is 6. The van der Waals surface area contributed by atoms with E-state index in [1.807, 2.05) is 19.1 Å². The Kier molecular flexibility index (Phi) is 6.16. The predicted octanol–water partition coefficient (Wildman–Crippen LogP) is 4.36. The summed E-state index contributed by atoms with van der Waals surface area (Å²) < 4.78 is 1.73. The number of nitrogens with one attached hydrogen (secondary N) is 2. The van der Waals surface area contributed by atoms with Crippen LogP contribution in [0.15, 0.2) is 33.2 Å². The summed E-state index contributed by atoms with van der Waals surface area (Å²) >= 11 is 0. The fourth-order valence-corrected chi connectivity index (χ4v) is 5.99. The number of piperidine rings is 1. The van der Waals surface area contributed by atoms with Gasteiger partial charge in [-0.2, -0.15) is 5.21 Å². The average molecular weight is 492 g/mol. The summed E-state index contributed by atoms with van der Waals surface area (Å²) in [5.41, 5.74) is 2.08. The third-order valence-electron chi connectivity index (χ3n) is 8.14. The Morgan fingerprint density at radius 1 is 1.03 bits per heavy atom. The number of aryl methyl sites for hydroxylation is 1. The van der Waals surface area contributed by atoms with Gasteiger partial charge in [0, 0.05) is 25.0 Å². The number of H-pyrrole nitrogens is 2. The number of rotatable bonds is 6. The molecule has 3 aliphatic rings. The van der Waals surface area contributed by atoms with Crippen LogP contribution in [0.4, 0.5) is 11.4 Å². The van der Waals surface area contributed by atoms with E-state index in [-0.39, 0.29) is 29.2 Å². The Morgan fingerprint density at radius 2 is 1.83 bits per heavy atom. The number of nitrogens with zero attached hydrogens (tertiary/aromatic N) is 7. The van der Waals surface area contributed by atoms with Crippen LogP contribution in [-0.4, -0.2) is 59.5 Å². The van der Waals surface area contributed by atoms with E-state index in [1.54, 1.807) is 10.7 Å². The Morgan fingerprint density at radius 3 is 2.58 bits per heavy atom. The number of hydrogen-bond acceptors (Lipinski definition) is 8. The van der Waals surface area contributed by atoms with Crippen LogP contribution in [0.25, 0.3) is 0 Å². The van der Waals surface area contributed by atoms with E-state index in [2.05, 4.69) is 40.9 Å².